The first kappa shape index (κ1) is 16.2. The molecule has 1 aliphatic heterocycles. The summed E-state index contributed by atoms with van der Waals surface area (Å²) in [6.45, 7) is 6.11. The first-order chi connectivity index (χ1) is 11.2. The largest absolute Gasteiger partial charge is 0.336 e. The number of nitrogens with zero attached hydrogens (tertiary/aromatic N) is 5. The molecule has 0 amide bonds. The summed E-state index contributed by atoms with van der Waals surface area (Å²) in [6, 6.07) is 0.446. The molecule has 0 spiro atoms. The minimum Gasteiger partial charge on any atom is -0.336 e. The second kappa shape index (κ2) is 7.27. The van der Waals surface area contributed by atoms with Crippen LogP contribution in [0, 0.1) is 5.92 Å². The summed E-state index contributed by atoms with van der Waals surface area (Å²) < 4.78 is 4.13. The molecule has 2 atom stereocenters. The highest BCUT2D eigenvalue weighted by atomic mass is 15.3. The van der Waals surface area contributed by atoms with E-state index in [2.05, 4.69) is 52.1 Å². The van der Waals surface area contributed by atoms with Gasteiger partial charge in [-0.2, -0.15) is 5.10 Å². The highest BCUT2D eigenvalue weighted by Gasteiger charge is 2.31. The fourth-order valence-corrected chi connectivity index (χ4v) is 3.67. The lowest BCUT2D eigenvalue weighted by atomic mass is 9.87. The second-order valence-corrected chi connectivity index (χ2v) is 6.59. The van der Waals surface area contributed by atoms with Gasteiger partial charge in [-0.25, -0.2) is 4.98 Å². The third-order valence-corrected chi connectivity index (χ3v) is 4.91. The van der Waals surface area contributed by atoms with Gasteiger partial charge < -0.3 is 9.88 Å². The van der Waals surface area contributed by atoms with Gasteiger partial charge >= 0.3 is 0 Å². The Labute approximate surface area is 138 Å². The first-order valence-corrected chi connectivity index (χ1v) is 8.57. The Bertz CT molecular complexity index is 616. The molecule has 126 valence electrons. The SMILES string of the molecule is CCn1cc(CNC[C@@H]2CCCN(C)[C@H]2c2cncn2C)cn1. The van der Waals surface area contributed by atoms with Crippen LogP contribution in [-0.2, 0) is 20.1 Å². The molecule has 1 fully saturated rings. The van der Waals surface area contributed by atoms with Gasteiger partial charge in [0.15, 0.2) is 0 Å². The number of imidazole rings is 1. The topological polar surface area (TPSA) is 50.9 Å². The van der Waals surface area contributed by atoms with Crippen LogP contribution in [0.5, 0.6) is 0 Å². The van der Waals surface area contributed by atoms with E-state index in [4.69, 9.17) is 0 Å². The average molecular weight is 316 g/mol. The van der Waals surface area contributed by atoms with E-state index in [1.165, 1.54) is 24.1 Å². The van der Waals surface area contributed by atoms with E-state index in [-0.39, 0.29) is 0 Å². The van der Waals surface area contributed by atoms with Crippen LogP contribution in [0.15, 0.2) is 24.9 Å². The van der Waals surface area contributed by atoms with E-state index in [1.807, 2.05) is 23.4 Å². The summed E-state index contributed by atoms with van der Waals surface area (Å²) in [5.74, 6) is 0.616. The quantitative estimate of drug-likeness (QED) is 0.883. The van der Waals surface area contributed by atoms with Crippen molar-refractivity contribution in [3.8, 4) is 0 Å². The number of aryl methyl sites for hydroxylation is 2. The maximum atomic E-state index is 4.34. The second-order valence-electron chi connectivity index (χ2n) is 6.59. The Kier molecular flexibility index (Phi) is 5.13. The maximum Gasteiger partial charge on any atom is 0.0946 e. The van der Waals surface area contributed by atoms with E-state index in [9.17, 15) is 0 Å². The highest BCUT2D eigenvalue weighted by molar-refractivity contribution is 5.09. The molecule has 2 aromatic rings. The van der Waals surface area contributed by atoms with Gasteiger partial charge in [0.1, 0.15) is 0 Å². The van der Waals surface area contributed by atoms with Gasteiger partial charge in [-0.1, -0.05) is 0 Å². The molecule has 0 radical (unpaired) electrons. The van der Waals surface area contributed by atoms with Crippen molar-refractivity contribution in [2.24, 2.45) is 13.0 Å². The van der Waals surface area contributed by atoms with Crippen molar-refractivity contribution in [1.29, 1.82) is 0 Å². The molecular formula is C17H28N6. The third kappa shape index (κ3) is 3.64. The van der Waals surface area contributed by atoms with Crippen LogP contribution in [0.2, 0.25) is 0 Å². The molecule has 1 saturated heterocycles. The van der Waals surface area contributed by atoms with Gasteiger partial charge in [0.05, 0.1) is 24.3 Å². The molecule has 0 aliphatic carbocycles. The minimum absolute atomic E-state index is 0.446. The Morgan fingerprint density at radius 1 is 1.30 bits per heavy atom. The molecule has 0 aromatic carbocycles. The van der Waals surface area contributed by atoms with Crippen LogP contribution in [0.3, 0.4) is 0 Å². The number of rotatable bonds is 6. The van der Waals surface area contributed by atoms with Gasteiger partial charge in [0.25, 0.3) is 0 Å². The molecule has 0 bridgehead atoms. The Balaban J connectivity index is 1.61. The molecule has 2 aromatic heterocycles. The van der Waals surface area contributed by atoms with Crippen molar-refractivity contribution in [2.75, 3.05) is 20.1 Å². The predicted molar refractivity (Wildman–Crippen MR) is 90.9 cm³/mol. The van der Waals surface area contributed by atoms with E-state index in [0.29, 0.717) is 12.0 Å². The fourth-order valence-electron chi connectivity index (χ4n) is 3.67. The lowest BCUT2D eigenvalue weighted by molar-refractivity contribution is 0.113. The molecule has 1 N–H and O–H groups in total. The van der Waals surface area contributed by atoms with Crippen LogP contribution in [0.1, 0.15) is 37.1 Å². The lowest BCUT2D eigenvalue weighted by Crippen LogP contribution is -2.41. The van der Waals surface area contributed by atoms with Crippen LogP contribution in [0.25, 0.3) is 0 Å². The molecular weight excluding hydrogens is 288 g/mol. The fraction of sp³-hybridized carbons (Fsp3) is 0.647. The lowest BCUT2D eigenvalue weighted by Gasteiger charge is -2.39. The van der Waals surface area contributed by atoms with Crippen LogP contribution in [0.4, 0.5) is 0 Å². The molecule has 0 saturated carbocycles. The van der Waals surface area contributed by atoms with E-state index in [1.54, 1.807) is 0 Å². The number of aromatic nitrogens is 4. The molecule has 6 heteroatoms. The normalized spacial score (nSPS) is 22.6. The van der Waals surface area contributed by atoms with E-state index in [0.717, 1.165) is 26.2 Å². The van der Waals surface area contributed by atoms with Gasteiger partial charge in [0.2, 0.25) is 0 Å². The van der Waals surface area contributed by atoms with E-state index >= 15 is 0 Å². The van der Waals surface area contributed by atoms with E-state index < -0.39 is 0 Å². The van der Waals surface area contributed by atoms with Crippen LogP contribution in [-0.4, -0.2) is 44.4 Å². The number of piperidine rings is 1. The zero-order valence-electron chi connectivity index (χ0n) is 14.4. The Morgan fingerprint density at radius 3 is 2.87 bits per heavy atom. The smallest absolute Gasteiger partial charge is 0.0946 e. The van der Waals surface area contributed by atoms with Crippen molar-refractivity contribution >= 4 is 0 Å². The summed E-state index contributed by atoms with van der Waals surface area (Å²) in [5.41, 5.74) is 2.57. The van der Waals surface area contributed by atoms with Gasteiger partial charge in [0, 0.05) is 44.6 Å². The monoisotopic (exact) mass is 316 g/mol. The molecule has 6 nitrogen and oxygen atoms in total. The van der Waals surface area contributed by atoms with Crippen molar-refractivity contribution in [2.45, 2.75) is 38.9 Å². The Morgan fingerprint density at radius 2 is 2.17 bits per heavy atom. The number of likely N-dealkylation sites (tertiary alicyclic amines) is 1. The summed E-state index contributed by atoms with van der Waals surface area (Å²) in [4.78, 5) is 6.78. The number of nitrogens with one attached hydrogen (secondary N) is 1. The zero-order chi connectivity index (χ0) is 16.2. The summed E-state index contributed by atoms with van der Waals surface area (Å²) >= 11 is 0. The molecule has 3 heterocycles. The van der Waals surface area contributed by atoms with Gasteiger partial charge in [-0.3, -0.25) is 9.58 Å². The molecule has 23 heavy (non-hydrogen) atoms. The molecule has 0 unspecified atom stereocenters. The molecule has 3 rings (SSSR count). The minimum atomic E-state index is 0.446. The first-order valence-electron chi connectivity index (χ1n) is 8.57. The summed E-state index contributed by atoms with van der Waals surface area (Å²) in [5, 5.41) is 7.97. The number of hydrogen-bond acceptors (Lipinski definition) is 4. The van der Waals surface area contributed by atoms with Crippen molar-refractivity contribution < 1.29 is 0 Å². The summed E-state index contributed by atoms with van der Waals surface area (Å²) in [7, 11) is 4.32. The van der Waals surface area contributed by atoms with Gasteiger partial charge in [-0.05, 0) is 39.3 Å². The third-order valence-electron chi connectivity index (χ3n) is 4.91. The molecule has 1 aliphatic rings. The predicted octanol–water partition coefficient (Wildman–Crippen LogP) is 1.81. The van der Waals surface area contributed by atoms with Crippen LogP contribution >= 0.6 is 0 Å². The van der Waals surface area contributed by atoms with Gasteiger partial charge in [-0.15, -0.1) is 0 Å². The Hall–Kier alpha value is -1.66. The van der Waals surface area contributed by atoms with Crippen molar-refractivity contribution in [3.05, 3.63) is 36.2 Å². The summed E-state index contributed by atoms with van der Waals surface area (Å²) in [6.07, 6.45) is 10.5. The number of hydrogen-bond donors (Lipinski definition) is 1. The van der Waals surface area contributed by atoms with Crippen molar-refractivity contribution in [3.63, 3.8) is 0 Å². The zero-order valence-corrected chi connectivity index (χ0v) is 14.4. The average Bonchev–Trinajstić information content (AvgIpc) is 3.17. The highest BCUT2D eigenvalue weighted by Crippen LogP contribution is 2.34. The standard InChI is InChI=1S/C17H28N6/c1-4-23-12-14(9-20-23)8-18-10-15-6-5-7-21(2)17(15)16-11-19-13-22(16)3/h9,11-13,15,17-18H,4-8,10H2,1-3H3/t15-,17+/m0/s1. The van der Waals surface area contributed by atoms with Crippen LogP contribution < -0.4 is 5.32 Å². The van der Waals surface area contributed by atoms with Crippen molar-refractivity contribution in [1.82, 2.24) is 29.5 Å². The maximum absolute atomic E-state index is 4.34.